The number of imidazole rings is 1. The Bertz CT molecular complexity index is 1280. The van der Waals surface area contributed by atoms with Crippen molar-refractivity contribution >= 4 is 59.0 Å². The lowest BCUT2D eigenvalue weighted by molar-refractivity contribution is -0.0501. The zero-order chi connectivity index (χ0) is 26.4. The van der Waals surface area contributed by atoms with Gasteiger partial charge in [-0.1, -0.05) is 0 Å². The number of ether oxygens (including phenoxy) is 1. The van der Waals surface area contributed by atoms with Crippen molar-refractivity contribution in [3.63, 3.8) is 0 Å². The van der Waals surface area contributed by atoms with Gasteiger partial charge in [-0.15, -0.1) is 0 Å². The molecule has 0 aromatic carbocycles. The molecule has 2 aromatic heterocycles. The first-order valence-corrected chi connectivity index (χ1v) is 15.8. The lowest BCUT2D eigenvalue weighted by Crippen LogP contribution is -2.33. The molecule has 3 heterocycles. The van der Waals surface area contributed by atoms with Gasteiger partial charge in [0.15, 0.2) is 17.7 Å². The summed E-state index contributed by atoms with van der Waals surface area (Å²) in [5, 5.41) is 20.7. The smallest absolute Gasteiger partial charge is 0.387 e. The fourth-order valence-electron chi connectivity index (χ4n) is 2.79. The first kappa shape index (κ1) is 28.8. The molecule has 1 aliphatic rings. The lowest BCUT2D eigenvalue weighted by Gasteiger charge is -2.23. The van der Waals surface area contributed by atoms with E-state index in [4.69, 9.17) is 20.3 Å². The van der Waals surface area contributed by atoms with E-state index in [0.717, 1.165) is 12.7 Å². The Morgan fingerprint density at radius 2 is 1.69 bits per heavy atom. The van der Waals surface area contributed by atoms with Crippen LogP contribution in [0.4, 0.5) is 5.82 Å². The molecule has 2 aromatic rings. The van der Waals surface area contributed by atoms with Crippen LogP contribution in [0.2, 0.25) is 0 Å². The second kappa shape index (κ2) is 10.2. The number of aliphatic hydroxyl groups excluding tert-OH is 2. The van der Waals surface area contributed by atoms with E-state index in [0.29, 0.717) is 0 Å². The normalized spacial score (nSPS) is 27.1. The highest BCUT2D eigenvalue weighted by Gasteiger charge is 2.49. The fraction of sp³-hybridized carbons (Fsp3) is 0.500. The molecule has 2 unspecified atom stereocenters. The van der Waals surface area contributed by atoms with E-state index >= 15 is 0 Å². The Morgan fingerprint density at radius 3 is 2.29 bits per heavy atom. The topological polar surface area (TPSA) is 309 Å². The molecule has 0 saturated carbocycles. The summed E-state index contributed by atoms with van der Waals surface area (Å²) >= 11 is 4.10. The standard InChI is InChI=1S/C10H17N5O15P4S/c11-8-5-9(13-2-12-8)15(3-14-5)10-7(17)6(16)4(27-10)1-26-34(25,30-33(23,24)35)29-32(21,22)28-31(18,19)20/h2-4,6-7,10,16-17H,1H2,(H,21,22)(H2,11,12,13)(H2,18,19,20)(H2,23,24,35)/t4-,6-,7-,10-,34?/m1/s1. The first-order chi connectivity index (χ1) is 15.9. The zero-order valence-corrected chi connectivity index (χ0v) is 21.0. The van der Waals surface area contributed by atoms with Crippen molar-refractivity contribution in [2.75, 3.05) is 12.3 Å². The number of aromatic nitrogens is 4. The van der Waals surface area contributed by atoms with Crippen LogP contribution in [0.15, 0.2) is 12.7 Å². The molecule has 198 valence electrons. The van der Waals surface area contributed by atoms with Crippen molar-refractivity contribution < 1.29 is 70.6 Å². The van der Waals surface area contributed by atoms with E-state index < -0.39 is 61.3 Å². The Labute approximate surface area is 199 Å². The van der Waals surface area contributed by atoms with Gasteiger partial charge in [0.05, 0.1) is 12.9 Å². The van der Waals surface area contributed by atoms with Gasteiger partial charge in [-0.05, 0) is 11.8 Å². The third-order valence-electron chi connectivity index (χ3n) is 4.01. The molecule has 9 N–H and O–H groups in total. The van der Waals surface area contributed by atoms with Gasteiger partial charge in [0.1, 0.15) is 30.2 Å². The third kappa shape index (κ3) is 7.38. The molecule has 0 amide bonds. The second-order valence-electron chi connectivity index (χ2n) is 6.57. The molecule has 1 aliphatic heterocycles. The van der Waals surface area contributed by atoms with Crippen LogP contribution in [-0.4, -0.2) is 79.1 Å². The number of aliphatic hydroxyl groups is 2. The highest BCUT2D eigenvalue weighted by atomic mass is 32.5. The van der Waals surface area contributed by atoms with Gasteiger partial charge in [0.2, 0.25) is 0 Å². The summed E-state index contributed by atoms with van der Waals surface area (Å²) in [4.78, 5) is 56.9. The molecule has 1 fully saturated rings. The van der Waals surface area contributed by atoms with Crippen molar-refractivity contribution in [1.82, 2.24) is 19.5 Å². The lowest BCUT2D eigenvalue weighted by atomic mass is 10.1. The van der Waals surface area contributed by atoms with E-state index in [1.54, 1.807) is 0 Å². The van der Waals surface area contributed by atoms with Gasteiger partial charge in [-0.25, -0.2) is 33.0 Å². The number of rotatable bonds is 10. The summed E-state index contributed by atoms with van der Waals surface area (Å²) < 4.78 is 58.0. The van der Waals surface area contributed by atoms with Crippen LogP contribution in [0.1, 0.15) is 6.23 Å². The van der Waals surface area contributed by atoms with Crippen molar-refractivity contribution in [3.8, 4) is 0 Å². The number of nitrogen functional groups attached to an aromatic ring is 1. The third-order valence-corrected chi connectivity index (χ3v) is 10.0. The fourth-order valence-corrected chi connectivity index (χ4v) is 8.13. The Balaban J connectivity index is 1.79. The van der Waals surface area contributed by atoms with Gasteiger partial charge in [-0.3, -0.25) is 9.09 Å². The molecule has 35 heavy (non-hydrogen) atoms. The molecule has 6 atom stereocenters. The maximum Gasteiger partial charge on any atom is 0.491 e. The van der Waals surface area contributed by atoms with E-state index in [-0.39, 0.29) is 17.0 Å². The maximum atomic E-state index is 12.7. The minimum atomic E-state index is -5.91. The molecule has 1 saturated heterocycles. The number of hydrogen-bond acceptors (Lipinski definition) is 15. The van der Waals surface area contributed by atoms with Crippen molar-refractivity contribution in [2.45, 2.75) is 24.5 Å². The zero-order valence-electron chi connectivity index (χ0n) is 16.6. The summed E-state index contributed by atoms with van der Waals surface area (Å²) in [7, 11) is -17.2. The van der Waals surface area contributed by atoms with E-state index in [2.05, 4.69) is 44.2 Å². The maximum absolute atomic E-state index is 12.7. The molecule has 0 aliphatic carbocycles. The summed E-state index contributed by atoms with van der Waals surface area (Å²) in [6.07, 6.45) is -4.15. The predicted molar refractivity (Wildman–Crippen MR) is 113 cm³/mol. The summed E-state index contributed by atoms with van der Waals surface area (Å²) in [6, 6.07) is 0. The minimum Gasteiger partial charge on any atom is -0.387 e. The number of phosphoric acid groups is 3. The van der Waals surface area contributed by atoms with Gasteiger partial charge >= 0.3 is 30.2 Å². The van der Waals surface area contributed by atoms with Crippen LogP contribution in [0, 0.1) is 0 Å². The van der Waals surface area contributed by atoms with Crippen LogP contribution >= 0.6 is 30.2 Å². The number of nitrogens with zero attached hydrogens (tertiary/aromatic N) is 4. The summed E-state index contributed by atoms with van der Waals surface area (Å²) in [5.74, 6) is 0.00611. The largest absolute Gasteiger partial charge is 0.491 e. The van der Waals surface area contributed by atoms with Crippen LogP contribution in [0.3, 0.4) is 0 Å². The van der Waals surface area contributed by atoms with Gasteiger partial charge in [0, 0.05) is 0 Å². The molecular weight excluding hydrogens is 586 g/mol. The molecule has 0 bridgehead atoms. The molecule has 3 rings (SSSR count). The number of anilines is 1. The van der Waals surface area contributed by atoms with Crippen LogP contribution in [0.5, 0.6) is 0 Å². The molecule has 0 radical (unpaired) electrons. The van der Waals surface area contributed by atoms with Crippen molar-refractivity contribution in [1.29, 1.82) is 0 Å². The Kier molecular flexibility index (Phi) is 8.36. The van der Waals surface area contributed by atoms with Crippen LogP contribution in [-0.2, 0) is 47.7 Å². The quantitative estimate of drug-likeness (QED) is 0.145. The predicted octanol–water partition coefficient (Wildman–Crippen LogP) is -1.40. The average molecular weight is 603 g/mol. The van der Waals surface area contributed by atoms with E-state index in [1.165, 1.54) is 4.57 Å². The average Bonchev–Trinajstić information content (AvgIpc) is 3.19. The highest BCUT2D eigenvalue weighted by Crippen LogP contribution is 2.72. The number of nitrogens with two attached hydrogens (primary N) is 1. The highest BCUT2D eigenvalue weighted by molar-refractivity contribution is 8.08. The number of fused-ring (bicyclic) bond motifs is 1. The number of hydrogen-bond donors (Lipinski definition) is 8. The van der Waals surface area contributed by atoms with Crippen LogP contribution in [0.25, 0.3) is 11.2 Å². The first-order valence-electron chi connectivity index (χ1n) is 8.67. The van der Waals surface area contributed by atoms with Gasteiger partial charge < -0.3 is 45.2 Å². The Hall–Kier alpha value is -0.790. The molecular formula is C10H17N5O15P4S. The molecule has 20 nitrogen and oxygen atoms in total. The van der Waals surface area contributed by atoms with Crippen molar-refractivity contribution in [2.24, 2.45) is 0 Å². The van der Waals surface area contributed by atoms with E-state index in [1.807, 2.05) is 0 Å². The molecule has 25 heteroatoms. The van der Waals surface area contributed by atoms with Gasteiger partial charge in [0.25, 0.3) is 0 Å². The van der Waals surface area contributed by atoms with Crippen LogP contribution < -0.4 is 5.73 Å². The summed E-state index contributed by atoms with van der Waals surface area (Å²) in [6.45, 7) is -6.03. The monoisotopic (exact) mass is 603 g/mol. The molecule has 0 spiro atoms. The minimum absolute atomic E-state index is 0.00611. The van der Waals surface area contributed by atoms with Crippen molar-refractivity contribution in [3.05, 3.63) is 12.7 Å². The van der Waals surface area contributed by atoms with E-state index in [9.17, 15) is 38.6 Å². The Morgan fingerprint density at radius 1 is 1.03 bits per heavy atom. The summed E-state index contributed by atoms with van der Waals surface area (Å²) in [5.41, 5.74) is 5.93. The second-order valence-corrected chi connectivity index (χ2v) is 14.0. The SMILES string of the molecule is Nc1ncnc2c1ncn2[C@@H]1O[C@H](COP(=O)(OP(=O)(O)OP(=O)(O)O)OP(O)(O)=S)[C@@H](O)[C@H]1O. The van der Waals surface area contributed by atoms with Gasteiger partial charge in [-0.2, -0.15) is 8.62 Å².